The maximum atomic E-state index is 13.4. The zero-order valence-electron chi connectivity index (χ0n) is 20.2. The van der Waals surface area contributed by atoms with Gasteiger partial charge in [-0.2, -0.15) is 18.4 Å². The van der Waals surface area contributed by atoms with E-state index >= 15 is 0 Å². The van der Waals surface area contributed by atoms with Gasteiger partial charge in [0.15, 0.2) is 0 Å². The van der Waals surface area contributed by atoms with Crippen molar-refractivity contribution in [3.8, 4) is 6.07 Å². The van der Waals surface area contributed by atoms with Crippen molar-refractivity contribution in [3.63, 3.8) is 0 Å². The summed E-state index contributed by atoms with van der Waals surface area (Å²) in [4.78, 5) is 31.7. The highest BCUT2D eigenvalue weighted by Crippen LogP contribution is 2.45. The molecule has 1 N–H and O–H groups in total. The van der Waals surface area contributed by atoms with E-state index in [0.29, 0.717) is 44.6 Å². The van der Waals surface area contributed by atoms with Crippen LogP contribution in [0.2, 0.25) is 0 Å². The number of nitrogens with one attached hydrogen (secondary N) is 1. The highest BCUT2D eigenvalue weighted by atomic mass is 19.4. The quantitative estimate of drug-likeness (QED) is 0.694. The Morgan fingerprint density at radius 2 is 1.80 bits per heavy atom. The monoisotopic (exact) mass is 491 g/mol. The van der Waals surface area contributed by atoms with Crippen molar-refractivity contribution < 1.29 is 22.8 Å². The number of anilines is 1. The van der Waals surface area contributed by atoms with Crippen LogP contribution >= 0.6 is 0 Å². The Morgan fingerprint density at radius 3 is 2.37 bits per heavy atom. The fourth-order valence-corrected chi connectivity index (χ4v) is 5.63. The number of alkyl halides is 3. The van der Waals surface area contributed by atoms with Crippen molar-refractivity contribution in [2.45, 2.75) is 64.2 Å². The van der Waals surface area contributed by atoms with E-state index in [1.165, 1.54) is 6.07 Å². The Kier molecular flexibility index (Phi) is 6.89. The third kappa shape index (κ3) is 5.19. The van der Waals surface area contributed by atoms with Crippen LogP contribution in [-0.2, 0) is 11.0 Å². The second-order valence-corrected chi connectivity index (χ2v) is 10.3. The van der Waals surface area contributed by atoms with Crippen LogP contribution in [0.15, 0.2) is 18.2 Å². The third-order valence-electron chi connectivity index (χ3n) is 7.50. The van der Waals surface area contributed by atoms with Gasteiger partial charge < -0.3 is 20.0 Å². The molecule has 1 aromatic carbocycles. The summed E-state index contributed by atoms with van der Waals surface area (Å²) in [6.45, 7) is 6.70. The number of urea groups is 1. The van der Waals surface area contributed by atoms with E-state index in [9.17, 15) is 22.8 Å². The Balaban J connectivity index is 1.51. The van der Waals surface area contributed by atoms with Crippen LogP contribution in [0.3, 0.4) is 0 Å². The maximum absolute atomic E-state index is 13.4. The Morgan fingerprint density at radius 1 is 1.14 bits per heavy atom. The highest BCUT2D eigenvalue weighted by Gasteiger charge is 2.51. The lowest BCUT2D eigenvalue weighted by atomic mass is 9.76. The second-order valence-electron chi connectivity index (χ2n) is 10.3. The number of nitriles is 1. The topological polar surface area (TPSA) is 79.7 Å². The smallest absolute Gasteiger partial charge is 0.371 e. The molecule has 3 aliphatic rings. The number of piperidine rings is 1. The molecule has 190 valence electrons. The highest BCUT2D eigenvalue weighted by molar-refractivity contribution is 5.88. The lowest BCUT2D eigenvalue weighted by Crippen LogP contribution is -2.51. The Bertz CT molecular complexity index is 1010. The predicted molar refractivity (Wildman–Crippen MR) is 125 cm³/mol. The molecule has 10 heteroatoms. The molecule has 1 aromatic rings. The van der Waals surface area contributed by atoms with E-state index in [1.54, 1.807) is 17.0 Å². The third-order valence-corrected chi connectivity index (χ3v) is 7.50. The van der Waals surface area contributed by atoms with Gasteiger partial charge in [-0.1, -0.05) is 0 Å². The number of likely N-dealkylation sites (tertiary alicyclic amines) is 2. The molecular weight excluding hydrogens is 459 g/mol. The van der Waals surface area contributed by atoms with Crippen molar-refractivity contribution in [1.82, 2.24) is 15.1 Å². The van der Waals surface area contributed by atoms with Crippen LogP contribution in [0.1, 0.15) is 57.1 Å². The van der Waals surface area contributed by atoms with Gasteiger partial charge in [0.25, 0.3) is 0 Å². The molecule has 1 atom stereocenters. The number of hydrogen-bond donors (Lipinski definition) is 1. The van der Waals surface area contributed by atoms with Crippen LogP contribution in [0, 0.1) is 16.7 Å². The normalized spacial score (nSPS) is 22.1. The first kappa shape index (κ1) is 25.1. The molecule has 3 heterocycles. The number of hydrogen-bond acceptors (Lipinski definition) is 4. The van der Waals surface area contributed by atoms with Gasteiger partial charge in [-0.3, -0.25) is 4.79 Å². The van der Waals surface area contributed by atoms with Gasteiger partial charge in [0, 0.05) is 44.5 Å². The van der Waals surface area contributed by atoms with Crippen LogP contribution in [-0.4, -0.2) is 66.5 Å². The van der Waals surface area contributed by atoms with E-state index < -0.39 is 17.8 Å². The standard InChI is InChI=1S/C25H32F3N5O2/c1-17(2)30-23(35)33-16-24(14-21(33)22(34)32-9-3-4-10-32)7-11-31(12-8-24)19-6-5-18(15-29)20(13-19)25(26,27)28/h5-6,13,17,21H,3-4,7-12,14,16H2,1-2H3,(H,30,35). The number of rotatable bonds is 3. The second kappa shape index (κ2) is 9.59. The van der Waals surface area contributed by atoms with E-state index in [2.05, 4.69) is 5.32 Å². The van der Waals surface area contributed by atoms with Gasteiger partial charge in [-0.15, -0.1) is 0 Å². The SMILES string of the molecule is CC(C)NC(=O)N1CC2(CCN(c3ccc(C#N)c(C(F)(F)F)c3)CC2)CC1C(=O)N1CCCC1. The minimum absolute atomic E-state index is 0.00243. The molecule has 0 aliphatic carbocycles. The summed E-state index contributed by atoms with van der Waals surface area (Å²) in [6.07, 6.45) is -0.741. The summed E-state index contributed by atoms with van der Waals surface area (Å²) in [5, 5.41) is 12.0. The van der Waals surface area contributed by atoms with E-state index in [4.69, 9.17) is 5.26 Å². The first-order valence-electron chi connectivity index (χ1n) is 12.3. The lowest BCUT2D eigenvalue weighted by Gasteiger charge is -2.40. The molecule has 3 amide bonds. The van der Waals surface area contributed by atoms with Gasteiger partial charge in [0.2, 0.25) is 5.91 Å². The minimum atomic E-state index is -4.60. The molecule has 4 rings (SSSR count). The summed E-state index contributed by atoms with van der Waals surface area (Å²) in [5.74, 6) is 0.00243. The molecule has 3 fully saturated rings. The first-order chi connectivity index (χ1) is 16.5. The van der Waals surface area contributed by atoms with E-state index in [-0.39, 0.29) is 29.0 Å². The number of carbonyl (C=O) groups is 2. The number of benzene rings is 1. The van der Waals surface area contributed by atoms with Crippen LogP contribution < -0.4 is 10.2 Å². The fourth-order valence-electron chi connectivity index (χ4n) is 5.63. The number of halogens is 3. The summed E-state index contributed by atoms with van der Waals surface area (Å²) >= 11 is 0. The number of nitrogens with zero attached hydrogens (tertiary/aromatic N) is 4. The average molecular weight is 492 g/mol. The summed E-state index contributed by atoms with van der Waals surface area (Å²) in [7, 11) is 0. The van der Waals surface area contributed by atoms with Gasteiger partial charge in [0.1, 0.15) is 6.04 Å². The van der Waals surface area contributed by atoms with Crippen molar-refractivity contribution in [3.05, 3.63) is 29.3 Å². The van der Waals surface area contributed by atoms with Gasteiger partial charge >= 0.3 is 12.2 Å². The molecule has 0 saturated carbocycles. The first-order valence-corrected chi connectivity index (χ1v) is 12.3. The fraction of sp³-hybridized carbons (Fsp3) is 0.640. The van der Waals surface area contributed by atoms with E-state index in [1.807, 2.05) is 23.6 Å². The molecule has 3 aliphatic heterocycles. The van der Waals surface area contributed by atoms with Crippen LogP contribution in [0.5, 0.6) is 0 Å². The zero-order valence-corrected chi connectivity index (χ0v) is 20.2. The van der Waals surface area contributed by atoms with Crippen molar-refractivity contribution in [2.24, 2.45) is 5.41 Å². The molecule has 7 nitrogen and oxygen atoms in total. The molecule has 0 aromatic heterocycles. The van der Waals surface area contributed by atoms with Crippen LogP contribution in [0.4, 0.5) is 23.7 Å². The molecule has 1 spiro atoms. The average Bonchev–Trinajstić information content (AvgIpc) is 3.47. The molecule has 0 bridgehead atoms. The summed E-state index contributed by atoms with van der Waals surface area (Å²) < 4.78 is 40.3. The van der Waals surface area contributed by atoms with Gasteiger partial charge in [-0.05, 0) is 69.6 Å². The van der Waals surface area contributed by atoms with Crippen molar-refractivity contribution in [2.75, 3.05) is 37.6 Å². The Hall–Kier alpha value is -2.96. The van der Waals surface area contributed by atoms with Crippen molar-refractivity contribution >= 4 is 17.6 Å². The summed E-state index contributed by atoms with van der Waals surface area (Å²) in [6, 6.07) is 4.65. The predicted octanol–water partition coefficient (Wildman–Crippen LogP) is 3.98. The molecule has 1 unspecified atom stereocenters. The van der Waals surface area contributed by atoms with Crippen LogP contribution in [0.25, 0.3) is 0 Å². The summed E-state index contributed by atoms with van der Waals surface area (Å²) in [5.41, 5.74) is -1.13. The number of amides is 3. The van der Waals surface area contributed by atoms with Gasteiger partial charge in [0.05, 0.1) is 17.2 Å². The van der Waals surface area contributed by atoms with Gasteiger partial charge in [-0.25, -0.2) is 4.79 Å². The minimum Gasteiger partial charge on any atom is -0.371 e. The number of carbonyl (C=O) groups excluding carboxylic acids is 2. The Labute approximate surface area is 203 Å². The van der Waals surface area contributed by atoms with Crippen molar-refractivity contribution in [1.29, 1.82) is 5.26 Å². The zero-order chi connectivity index (χ0) is 25.4. The lowest BCUT2D eigenvalue weighted by molar-refractivity contribution is -0.137. The molecule has 35 heavy (non-hydrogen) atoms. The molecule has 3 saturated heterocycles. The maximum Gasteiger partial charge on any atom is 0.417 e. The molecular formula is C25H32F3N5O2. The van der Waals surface area contributed by atoms with E-state index in [0.717, 1.165) is 32.0 Å². The largest absolute Gasteiger partial charge is 0.417 e. The molecule has 0 radical (unpaired) electrons.